The van der Waals surface area contributed by atoms with Crippen LogP contribution in [0.4, 0.5) is 4.39 Å². The summed E-state index contributed by atoms with van der Waals surface area (Å²) in [5, 5.41) is 0. The Balaban J connectivity index is 1.19. The first-order chi connectivity index (χ1) is 16.7. The minimum atomic E-state index is -0.508. The van der Waals surface area contributed by atoms with Crippen LogP contribution in [0, 0.1) is 5.82 Å². The molecule has 3 aromatic rings. The topological polar surface area (TPSA) is 30.9 Å². The Hall–Kier alpha value is -2.89. The summed E-state index contributed by atoms with van der Waals surface area (Å²) in [7, 11) is 2.17. The van der Waals surface area contributed by atoms with E-state index >= 15 is 0 Å². The number of halogens is 1. The van der Waals surface area contributed by atoms with Crippen molar-refractivity contribution in [1.29, 1.82) is 0 Å². The Bertz CT molecular complexity index is 1120. The van der Waals surface area contributed by atoms with Crippen molar-refractivity contribution < 1.29 is 18.6 Å². The molecule has 0 aromatic heterocycles. The maximum Gasteiger partial charge on any atom is 0.164 e. The third kappa shape index (κ3) is 4.68. The van der Waals surface area contributed by atoms with Crippen LogP contribution in [0.2, 0.25) is 0 Å². The molecule has 0 bridgehead atoms. The van der Waals surface area contributed by atoms with Crippen LogP contribution in [-0.4, -0.2) is 38.3 Å². The smallest absolute Gasteiger partial charge is 0.164 e. The third-order valence-corrected chi connectivity index (χ3v) is 6.94. The number of para-hydroxylation sites is 1. The standard InChI is InChI=1S/C29H32FNO3/c1-31(17-5-9-22-8-4-11-27-28(22)33-20-19-32-27)18-6-16-29(24-12-14-25(30)15-13-24)26-10-3-2-7-23(26)21-34-29/h2-4,7-8,10-15H,5-6,9,16-21H2,1H3. The van der Waals surface area contributed by atoms with Crippen LogP contribution in [0.1, 0.15) is 41.5 Å². The number of hydrogen-bond donors (Lipinski definition) is 0. The molecule has 3 aromatic carbocycles. The van der Waals surface area contributed by atoms with E-state index in [2.05, 4.69) is 42.3 Å². The van der Waals surface area contributed by atoms with Gasteiger partial charge in [-0.25, -0.2) is 4.39 Å². The highest BCUT2D eigenvalue weighted by Crippen LogP contribution is 2.45. The fourth-order valence-corrected chi connectivity index (χ4v) is 5.21. The van der Waals surface area contributed by atoms with E-state index < -0.39 is 5.60 Å². The second-order valence-electron chi connectivity index (χ2n) is 9.23. The molecule has 34 heavy (non-hydrogen) atoms. The lowest BCUT2D eigenvalue weighted by Gasteiger charge is -2.31. The van der Waals surface area contributed by atoms with Gasteiger partial charge in [-0.15, -0.1) is 0 Å². The van der Waals surface area contributed by atoms with Gasteiger partial charge in [-0.2, -0.15) is 0 Å². The molecule has 0 spiro atoms. The molecule has 5 rings (SSSR count). The molecule has 0 saturated carbocycles. The highest BCUT2D eigenvalue weighted by molar-refractivity contribution is 5.47. The van der Waals surface area contributed by atoms with E-state index in [0.29, 0.717) is 19.8 Å². The predicted molar refractivity (Wildman–Crippen MR) is 131 cm³/mol. The van der Waals surface area contributed by atoms with E-state index in [1.807, 2.05) is 24.3 Å². The normalized spacial score (nSPS) is 18.8. The van der Waals surface area contributed by atoms with Crippen molar-refractivity contribution in [2.75, 3.05) is 33.4 Å². The zero-order chi connectivity index (χ0) is 23.4. The van der Waals surface area contributed by atoms with Crippen molar-refractivity contribution in [1.82, 2.24) is 4.90 Å². The van der Waals surface area contributed by atoms with Gasteiger partial charge in [0.1, 0.15) is 24.6 Å². The second-order valence-corrected chi connectivity index (χ2v) is 9.23. The number of hydrogen-bond acceptors (Lipinski definition) is 4. The molecule has 2 aliphatic heterocycles. The molecule has 4 nitrogen and oxygen atoms in total. The van der Waals surface area contributed by atoms with Crippen LogP contribution in [0.5, 0.6) is 11.5 Å². The van der Waals surface area contributed by atoms with E-state index in [1.54, 1.807) is 0 Å². The zero-order valence-corrected chi connectivity index (χ0v) is 19.8. The maximum atomic E-state index is 13.6. The number of aryl methyl sites for hydroxylation is 1. The third-order valence-electron chi connectivity index (χ3n) is 6.94. The van der Waals surface area contributed by atoms with Gasteiger partial charge in [-0.05, 0) is 86.3 Å². The Kier molecular flexibility index (Phi) is 6.84. The molecule has 0 fully saturated rings. The summed E-state index contributed by atoms with van der Waals surface area (Å²) in [6, 6.07) is 21.4. The summed E-state index contributed by atoms with van der Waals surface area (Å²) < 4.78 is 31.6. The average molecular weight is 462 g/mol. The summed E-state index contributed by atoms with van der Waals surface area (Å²) in [5.74, 6) is 1.55. The highest BCUT2D eigenvalue weighted by atomic mass is 19.1. The fourth-order valence-electron chi connectivity index (χ4n) is 5.21. The quantitative estimate of drug-likeness (QED) is 0.408. The fraction of sp³-hybridized carbons (Fsp3) is 0.379. The van der Waals surface area contributed by atoms with E-state index in [-0.39, 0.29) is 5.82 Å². The van der Waals surface area contributed by atoms with Crippen LogP contribution in [0.3, 0.4) is 0 Å². The molecule has 0 aliphatic carbocycles. The summed E-state index contributed by atoms with van der Waals surface area (Å²) in [5.41, 5.74) is 4.17. The average Bonchev–Trinajstić information content (AvgIpc) is 3.24. The van der Waals surface area contributed by atoms with Crippen molar-refractivity contribution in [3.63, 3.8) is 0 Å². The zero-order valence-electron chi connectivity index (χ0n) is 19.8. The lowest BCUT2D eigenvalue weighted by molar-refractivity contribution is -0.0142. The van der Waals surface area contributed by atoms with Gasteiger partial charge < -0.3 is 19.1 Å². The monoisotopic (exact) mass is 461 g/mol. The Morgan fingerprint density at radius 3 is 2.56 bits per heavy atom. The molecule has 5 heteroatoms. The first kappa shape index (κ1) is 22.9. The Labute approximate surface area is 201 Å². The van der Waals surface area contributed by atoms with Crippen LogP contribution in [-0.2, 0) is 23.4 Å². The minimum absolute atomic E-state index is 0.221. The van der Waals surface area contributed by atoms with E-state index in [4.69, 9.17) is 14.2 Å². The summed E-state index contributed by atoms with van der Waals surface area (Å²) in [6.07, 6.45) is 3.86. The van der Waals surface area contributed by atoms with Gasteiger partial charge in [0.05, 0.1) is 6.61 Å². The Morgan fingerprint density at radius 1 is 0.882 bits per heavy atom. The van der Waals surface area contributed by atoms with Crippen molar-refractivity contribution in [2.24, 2.45) is 0 Å². The van der Waals surface area contributed by atoms with Crippen molar-refractivity contribution in [3.8, 4) is 11.5 Å². The van der Waals surface area contributed by atoms with Crippen molar-refractivity contribution >= 4 is 0 Å². The van der Waals surface area contributed by atoms with Crippen LogP contribution >= 0.6 is 0 Å². The molecule has 2 heterocycles. The molecule has 1 unspecified atom stereocenters. The van der Waals surface area contributed by atoms with Gasteiger partial charge in [0, 0.05) is 0 Å². The largest absolute Gasteiger partial charge is 0.486 e. The number of fused-ring (bicyclic) bond motifs is 2. The van der Waals surface area contributed by atoms with Gasteiger partial charge in [0.25, 0.3) is 0 Å². The van der Waals surface area contributed by atoms with Gasteiger partial charge in [0.2, 0.25) is 0 Å². The first-order valence-corrected chi connectivity index (χ1v) is 12.2. The SMILES string of the molecule is CN(CCCc1cccc2c1OCCO2)CCCC1(c2ccc(F)cc2)OCc2ccccc21. The predicted octanol–water partition coefficient (Wildman–Crippen LogP) is 5.72. The molecular weight excluding hydrogens is 429 g/mol. The van der Waals surface area contributed by atoms with Crippen molar-refractivity contribution in [3.05, 3.63) is 94.8 Å². The molecule has 1 atom stereocenters. The van der Waals surface area contributed by atoms with E-state index in [9.17, 15) is 4.39 Å². The van der Waals surface area contributed by atoms with Crippen LogP contribution in [0.15, 0.2) is 66.7 Å². The lowest BCUT2D eigenvalue weighted by atomic mass is 9.82. The maximum absolute atomic E-state index is 13.6. The molecular formula is C29H32FNO3. The van der Waals surface area contributed by atoms with Crippen molar-refractivity contribution in [2.45, 2.75) is 37.9 Å². The summed E-state index contributed by atoms with van der Waals surface area (Å²) >= 11 is 0. The summed E-state index contributed by atoms with van der Waals surface area (Å²) in [6.45, 7) is 3.81. The molecule has 0 amide bonds. The van der Waals surface area contributed by atoms with Crippen LogP contribution < -0.4 is 9.47 Å². The first-order valence-electron chi connectivity index (χ1n) is 12.2. The number of ether oxygens (including phenoxy) is 3. The molecule has 0 radical (unpaired) electrons. The van der Waals surface area contributed by atoms with Gasteiger partial charge >= 0.3 is 0 Å². The van der Waals surface area contributed by atoms with Gasteiger partial charge in [-0.3, -0.25) is 0 Å². The van der Waals surface area contributed by atoms with E-state index in [0.717, 1.165) is 55.8 Å². The molecule has 178 valence electrons. The molecule has 2 aliphatic rings. The Morgan fingerprint density at radius 2 is 1.68 bits per heavy atom. The second kappa shape index (κ2) is 10.2. The van der Waals surface area contributed by atoms with E-state index in [1.165, 1.54) is 28.8 Å². The minimum Gasteiger partial charge on any atom is -0.486 e. The number of nitrogens with zero attached hydrogens (tertiary/aromatic N) is 1. The van der Waals surface area contributed by atoms with Gasteiger partial charge in [0.15, 0.2) is 11.5 Å². The molecule has 0 N–H and O–H groups in total. The highest BCUT2D eigenvalue weighted by Gasteiger charge is 2.41. The number of benzene rings is 3. The van der Waals surface area contributed by atoms with Crippen LogP contribution in [0.25, 0.3) is 0 Å². The summed E-state index contributed by atoms with van der Waals surface area (Å²) in [4.78, 5) is 2.38. The molecule has 0 saturated heterocycles. The lowest BCUT2D eigenvalue weighted by Crippen LogP contribution is -2.29. The number of rotatable bonds is 9. The van der Waals surface area contributed by atoms with Gasteiger partial charge in [-0.1, -0.05) is 48.5 Å².